The third-order valence-electron chi connectivity index (χ3n) is 2.77. The average Bonchev–Trinajstić information content (AvgIpc) is 2.87. The fourth-order valence-corrected chi connectivity index (χ4v) is 2.18. The maximum atomic E-state index is 11.9. The topological polar surface area (TPSA) is 63.8 Å². The molecule has 1 atom stereocenters. The summed E-state index contributed by atoms with van der Waals surface area (Å²) in [5, 5.41) is 4.44. The minimum Gasteiger partial charge on any atom is -0.481 e. The molecule has 0 radical (unpaired) electrons. The molecule has 1 heterocycles. The van der Waals surface area contributed by atoms with E-state index in [1.54, 1.807) is 37.3 Å². The van der Waals surface area contributed by atoms with E-state index in [1.165, 1.54) is 6.21 Å². The summed E-state index contributed by atoms with van der Waals surface area (Å²) in [7, 11) is 0. The summed E-state index contributed by atoms with van der Waals surface area (Å²) >= 11 is 9.06. The number of hydrazone groups is 1. The second-order valence-electron chi connectivity index (χ2n) is 4.55. The molecule has 1 aromatic carbocycles. The van der Waals surface area contributed by atoms with Crippen molar-refractivity contribution in [1.29, 1.82) is 0 Å². The van der Waals surface area contributed by atoms with E-state index in [-0.39, 0.29) is 5.91 Å². The number of nitrogens with one attached hydrogen (secondary N) is 1. The van der Waals surface area contributed by atoms with Gasteiger partial charge in [0.15, 0.2) is 10.8 Å². The molecule has 116 valence electrons. The molecule has 0 bridgehead atoms. The first-order valence-electron chi connectivity index (χ1n) is 6.47. The van der Waals surface area contributed by atoms with Gasteiger partial charge in [0.25, 0.3) is 5.91 Å². The second-order valence-corrected chi connectivity index (χ2v) is 5.76. The number of furan rings is 1. The van der Waals surface area contributed by atoms with Crippen molar-refractivity contribution in [2.24, 2.45) is 5.10 Å². The van der Waals surface area contributed by atoms with Gasteiger partial charge >= 0.3 is 0 Å². The van der Waals surface area contributed by atoms with Crippen LogP contribution in [0, 0.1) is 6.92 Å². The molecule has 2 rings (SSSR count). The molecule has 0 aliphatic rings. The van der Waals surface area contributed by atoms with Gasteiger partial charge in [-0.2, -0.15) is 5.10 Å². The molecule has 0 unspecified atom stereocenters. The molecule has 22 heavy (non-hydrogen) atoms. The number of hydrogen-bond donors (Lipinski definition) is 1. The number of aryl methyl sites for hydroxylation is 1. The minimum atomic E-state index is -0.694. The predicted molar refractivity (Wildman–Crippen MR) is 88.4 cm³/mol. The van der Waals surface area contributed by atoms with Crippen LogP contribution in [0.2, 0.25) is 5.02 Å². The quantitative estimate of drug-likeness (QED) is 0.627. The fourth-order valence-electron chi connectivity index (χ4n) is 1.64. The Morgan fingerprint density at radius 3 is 2.86 bits per heavy atom. The SMILES string of the molecule is Cc1cc(Cl)ccc1O[C@@H](C)C(=O)N/N=C\c1ccc(Br)o1. The van der Waals surface area contributed by atoms with Crippen LogP contribution in [0.25, 0.3) is 0 Å². The average molecular weight is 386 g/mol. The van der Waals surface area contributed by atoms with Gasteiger partial charge in [-0.15, -0.1) is 0 Å². The molecule has 2 aromatic rings. The molecule has 1 N–H and O–H groups in total. The number of amides is 1. The highest BCUT2D eigenvalue weighted by Gasteiger charge is 2.15. The van der Waals surface area contributed by atoms with Gasteiger partial charge in [-0.25, -0.2) is 5.43 Å². The number of carbonyl (C=O) groups is 1. The Kier molecular flexibility index (Phi) is 5.63. The van der Waals surface area contributed by atoms with Crippen LogP contribution < -0.4 is 10.2 Å². The van der Waals surface area contributed by atoms with Crippen molar-refractivity contribution in [3.05, 3.63) is 51.3 Å². The highest BCUT2D eigenvalue weighted by atomic mass is 79.9. The van der Waals surface area contributed by atoms with Crippen molar-refractivity contribution in [3.8, 4) is 5.75 Å². The first kappa shape index (κ1) is 16.6. The molecule has 5 nitrogen and oxygen atoms in total. The molecule has 0 spiro atoms. The van der Waals surface area contributed by atoms with Crippen LogP contribution in [-0.2, 0) is 4.79 Å². The third-order valence-corrected chi connectivity index (χ3v) is 3.43. The highest BCUT2D eigenvalue weighted by molar-refractivity contribution is 9.10. The largest absolute Gasteiger partial charge is 0.481 e. The summed E-state index contributed by atoms with van der Waals surface area (Å²) in [5.74, 6) is 0.761. The van der Waals surface area contributed by atoms with Crippen molar-refractivity contribution >= 4 is 39.7 Å². The molecule has 0 saturated carbocycles. The lowest BCUT2D eigenvalue weighted by Crippen LogP contribution is -2.33. The van der Waals surface area contributed by atoms with Gasteiger partial charge in [-0.3, -0.25) is 4.79 Å². The van der Waals surface area contributed by atoms with Gasteiger partial charge in [-0.05, 0) is 65.7 Å². The highest BCUT2D eigenvalue weighted by Crippen LogP contribution is 2.22. The number of rotatable bonds is 5. The molecule has 0 aliphatic carbocycles. The predicted octanol–water partition coefficient (Wildman–Crippen LogP) is 3.92. The number of benzene rings is 1. The van der Waals surface area contributed by atoms with Crippen LogP contribution in [0.15, 0.2) is 44.5 Å². The van der Waals surface area contributed by atoms with Gasteiger partial charge in [0.05, 0.1) is 6.21 Å². The van der Waals surface area contributed by atoms with Crippen molar-refractivity contribution in [2.45, 2.75) is 20.0 Å². The van der Waals surface area contributed by atoms with Gasteiger partial charge < -0.3 is 9.15 Å². The van der Waals surface area contributed by atoms with Crippen molar-refractivity contribution in [2.75, 3.05) is 0 Å². The third kappa shape index (κ3) is 4.61. The van der Waals surface area contributed by atoms with Crippen molar-refractivity contribution < 1.29 is 13.9 Å². The lowest BCUT2D eigenvalue weighted by molar-refractivity contribution is -0.127. The zero-order valence-electron chi connectivity index (χ0n) is 12.0. The summed E-state index contributed by atoms with van der Waals surface area (Å²) in [6, 6.07) is 8.66. The number of carbonyl (C=O) groups excluding carboxylic acids is 1. The van der Waals surface area contributed by atoms with E-state index >= 15 is 0 Å². The number of halogens is 2. The second kappa shape index (κ2) is 7.47. The van der Waals surface area contributed by atoms with E-state index in [2.05, 4.69) is 26.5 Å². The monoisotopic (exact) mass is 384 g/mol. The summed E-state index contributed by atoms with van der Waals surface area (Å²) in [5.41, 5.74) is 3.25. The molecular formula is C15H14BrClN2O3. The number of nitrogens with zero attached hydrogens (tertiary/aromatic N) is 1. The first-order valence-corrected chi connectivity index (χ1v) is 7.64. The first-order chi connectivity index (χ1) is 10.5. The number of ether oxygens (including phenoxy) is 1. The molecule has 1 amide bonds. The Hall–Kier alpha value is -1.79. The zero-order valence-corrected chi connectivity index (χ0v) is 14.3. The van der Waals surface area contributed by atoms with Crippen LogP contribution in [0.3, 0.4) is 0 Å². The molecular weight excluding hydrogens is 372 g/mol. The van der Waals surface area contributed by atoms with Crippen LogP contribution in [0.1, 0.15) is 18.2 Å². The van der Waals surface area contributed by atoms with Crippen LogP contribution in [0.5, 0.6) is 5.75 Å². The molecule has 1 aromatic heterocycles. The van der Waals surface area contributed by atoms with Gasteiger partial charge in [-0.1, -0.05) is 11.6 Å². The van der Waals surface area contributed by atoms with Crippen LogP contribution >= 0.6 is 27.5 Å². The maximum absolute atomic E-state index is 11.9. The van der Waals surface area contributed by atoms with E-state index in [0.29, 0.717) is 21.2 Å². The Morgan fingerprint density at radius 2 is 2.23 bits per heavy atom. The van der Waals surface area contributed by atoms with E-state index in [0.717, 1.165) is 5.56 Å². The van der Waals surface area contributed by atoms with E-state index in [4.69, 9.17) is 20.8 Å². The lowest BCUT2D eigenvalue weighted by Gasteiger charge is -2.14. The summed E-state index contributed by atoms with van der Waals surface area (Å²) in [6.07, 6.45) is 0.712. The Morgan fingerprint density at radius 1 is 1.45 bits per heavy atom. The standard InChI is InChI=1S/C15H14BrClN2O3/c1-9-7-11(17)3-5-13(9)21-10(2)15(20)19-18-8-12-4-6-14(16)22-12/h3-8,10H,1-2H3,(H,19,20)/b18-8-/t10-/m0/s1. The zero-order chi connectivity index (χ0) is 16.1. The Bertz CT molecular complexity index is 700. The van der Waals surface area contributed by atoms with Crippen molar-refractivity contribution in [3.63, 3.8) is 0 Å². The molecule has 7 heteroatoms. The summed E-state index contributed by atoms with van der Waals surface area (Å²) in [6.45, 7) is 3.50. The van der Waals surface area contributed by atoms with E-state index < -0.39 is 6.10 Å². The van der Waals surface area contributed by atoms with Gasteiger partial charge in [0, 0.05) is 5.02 Å². The van der Waals surface area contributed by atoms with Gasteiger partial charge in [0.2, 0.25) is 0 Å². The van der Waals surface area contributed by atoms with E-state index in [1.807, 2.05) is 6.92 Å². The van der Waals surface area contributed by atoms with Crippen LogP contribution in [-0.4, -0.2) is 18.2 Å². The molecule has 0 aliphatic heterocycles. The summed E-state index contributed by atoms with van der Waals surface area (Å²) < 4.78 is 11.4. The number of hydrogen-bond acceptors (Lipinski definition) is 4. The Labute approximate surface area is 141 Å². The van der Waals surface area contributed by atoms with Crippen molar-refractivity contribution in [1.82, 2.24) is 5.43 Å². The minimum absolute atomic E-state index is 0.365. The summed E-state index contributed by atoms with van der Waals surface area (Å²) in [4.78, 5) is 11.9. The van der Waals surface area contributed by atoms with Crippen LogP contribution in [0.4, 0.5) is 0 Å². The lowest BCUT2D eigenvalue weighted by atomic mass is 10.2. The molecule has 0 saturated heterocycles. The maximum Gasteiger partial charge on any atom is 0.280 e. The van der Waals surface area contributed by atoms with E-state index in [9.17, 15) is 4.79 Å². The van der Waals surface area contributed by atoms with Gasteiger partial charge in [0.1, 0.15) is 11.5 Å². The fraction of sp³-hybridized carbons (Fsp3) is 0.200. The Balaban J connectivity index is 1.90. The molecule has 0 fully saturated rings. The smallest absolute Gasteiger partial charge is 0.280 e. The normalized spacial score (nSPS) is 12.4.